The van der Waals surface area contributed by atoms with Crippen molar-refractivity contribution in [1.82, 2.24) is 0 Å². The van der Waals surface area contributed by atoms with E-state index in [0.29, 0.717) is 18.9 Å². The Morgan fingerprint density at radius 1 is 1.33 bits per heavy atom. The van der Waals surface area contributed by atoms with Gasteiger partial charge in [0.2, 0.25) is 0 Å². The van der Waals surface area contributed by atoms with Gasteiger partial charge in [-0.15, -0.1) is 0 Å². The molecule has 0 radical (unpaired) electrons. The Labute approximate surface area is 88.0 Å². The maximum Gasteiger partial charge on any atom is 0.411 e. The highest BCUT2D eigenvalue weighted by Gasteiger charge is 2.40. The highest BCUT2D eigenvalue weighted by atomic mass is 19.4. The molecule has 0 aliphatic heterocycles. The van der Waals surface area contributed by atoms with Crippen LogP contribution in [0.2, 0.25) is 0 Å². The number of hydrogen-bond donors (Lipinski definition) is 1. The van der Waals surface area contributed by atoms with Crippen LogP contribution in [0, 0.1) is 11.3 Å². The summed E-state index contributed by atoms with van der Waals surface area (Å²) < 4.78 is 39.9. The summed E-state index contributed by atoms with van der Waals surface area (Å²) in [5.74, 6) is 0.581. The molecule has 5 heteroatoms. The van der Waals surface area contributed by atoms with Crippen molar-refractivity contribution in [3.63, 3.8) is 0 Å². The van der Waals surface area contributed by atoms with E-state index in [1.54, 1.807) is 0 Å². The lowest BCUT2D eigenvalue weighted by atomic mass is 9.82. The predicted molar refractivity (Wildman–Crippen MR) is 51.4 cm³/mol. The molecule has 0 heterocycles. The second kappa shape index (κ2) is 4.70. The van der Waals surface area contributed by atoms with Crippen molar-refractivity contribution in [2.24, 2.45) is 17.1 Å². The van der Waals surface area contributed by atoms with E-state index in [4.69, 9.17) is 5.73 Å². The molecule has 0 amide bonds. The van der Waals surface area contributed by atoms with Gasteiger partial charge >= 0.3 is 6.18 Å². The molecule has 1 fully saturated rings. The van der Waals surface area contributed by atoms with Gasteiger partial charge in [-0.3, -0.25) is 0 Å². The molecule has 2 N–H and O–H groups in total. The van der Waals surface area contributed by atoms with Crippen LogP contribution in [0.4, 0.5) is 13.2 Å². The van der Waals surface area contributed by atoms with Gasteiger partial charge in [0.1, 0.15) is 6.61 Å². The van der Waals surface area contributed by atoms with Crippen LogP contribution >= 0.6 is 0 Å². The van der Waals surface area contributed by atoms with Gasteiger partial charge in [-0.05, 0) is 37.1 Å². The zero-order valence-electron chi connectivity index (χ0n) is 8.94. The van der Waals surface area contributed by atoms with Crippen molar-refractivity contribution in [3.8, 4) is 0 Å². The molecule has 0 bridgehead atoms. The summed E-state index contributed by atoms with van der Waals surface area (Å²) in [5, 5.41) is 0. The maximum atomic E-state index is 11.8. The summed E-state index contributed by atoms with van der Waals surface area (Å²) in [6, 6.07) is 0. The molecule has 15 heavy (non-hydrogen) atoms. The van der Waals surface area contributed by atoms with E-state index >= 15 is 0 Å². The molecule has 0 aromatic carbocycles. The number of ether oxygens (including phenoxy) is 1. The summed E-state index contributed by atoms with van der Waals surface area (Å²) in [5.41, 5.74) is 5.60. The fourth-order valence-corrected chi connectivity index (χ4v) is 1.75. The fraction of sp³-hybridized carbons (Fsp3) is 1.00. The Balaban J connectivity index is 2.18. The summed E-state index contributed by atoms with van der Waals surface area (Å²) in [7, 11) is 0. The largest absolute Gasteiger partial charge is 0.411 e. The van der Waals surface area contributed by atoms with Crippen LogP contribution < -0.4 is 5.73 Å². The molecule has 1 rings (SSSR count). The monoisotopic (exact) mass is 225 g/mol. The highest BCUT2D eigenvalue weighted by molar-refractivity contribution is 4.91. The van der Waals surface area contributed by atoms with Crippen molar-refractivity contribution >= 4 is 0 Å². The van der Waals surface area contributed by atoms with Gasteiger partial charge in [-0.25, -0.2) is 0 Å². The SMILES string of the molecule is CC(CN)(CCOCC(F)(F)F)C1CC1. The lowest BCUT2D eigenvalue weighted by Crippen LogP contribution is -2.31. The van der Waals surface area contributed by atoms with Crippen molar-refractivity contribution in [3.05, 3.63) is 0 Å². The number of nitrogens with two attached hydrogens (primary N) is 1. The standard InChI is InChI=1S/C10H18F3NO/c1-9(6-14,8-2-3-8)4-5-15-7-10(11,12)13/h8H,2-7,14H2,1H3. The van der Waals surface area contributed by atoms with Crippen LogP contribution in [-0.2, 0) is 4.74 Å². The van der Waals surface area contributed by atoms with Gasteiger partial charge in [0.05, 0.1) is 0 Å². The summed E-state index contributed by atoms with van der Waals surface area (Å²) in [4.78, 5) is 0. The first-order chi connectivity index (χ1) is 6.87. The van der Waals surface area contributed by atoms with Crippen LogP contribution in [-0.4, -0.2) is 25.9 Å². The van der Waals surface area contributed by atoms with E-state index in [1.165, 1.54) is 0 Å². The van der Waals surface area contributed by atoms with Gasteiger partial charge in [-0.1, -0.05) is 6.92 Å². The van der Waals surface area contributed by atoms with Gasteiger partial charge < -0.3 is 10.5 Å². The quantitative estimate of drug-likeness (QED) is 0.704. The molecule has 90 valence electrons. The van der Waals surface area contributed by atoms with Crippen molar-refractivity contribution in [2.45, 2.75) is 32.4 Å². The minimum atomic E-state index is -4.22. The lowest BCUT2D eigenvalue weighted by molar-refractivity contribution is -0.175. The zero-order valence-corrected chi connectivity index (χ0v) is 8.94. The molecule has 0 aromatic heterocycles. The molecule has 1 saturated carbocycles. The van der Waals surface area contributed by atoms with Gasteiger partial charge in [0.15, 0.2) is 0 Å². The smallest absolute Gasteiger partial charge is 0.372 e. The second-order valence-electron chi connectivity index (χ2n) is 4.55. The molecule has 0 aromatic rings. The Morgan fingerprint density at radius 3 is 2.33 bits per heavy atom. The van der Waals surface area contributed by atoms with Gasteiger partial charge in [-0.2, -0.15) is 13.2 Å². The van der Waals surface area contributed by atoms with E-state index in [9.17, 15) is 13.2 Å². The normalized spacial score (nSPS) is 21.4. The molecule has 2 nitrogen and oxygen atoms in total. The third kappa shape index (κ3) is 4.38. The van der Waals surface area contributed by atoms with E-state index in [1.807, 2.05) is 6.92 Å². The highest BCUT2D eigenvalue weighted by Crippen LogP contribution is 2.46. The van der Waals surface area contributed by atoms with Gasteiger partial charge in [0, 0.05) is 6.61 Å². The van der Waals surface area contributed by atoms with E-state index in [2.05, 4.69) is 4.74 Å². The molecule has 1 atom stereocenters. The first kappa shape index (κ1) is 12.8. The van der Waals surface area contributed by atoms with Crippen molar-refractivity contribution < 1.29 is 17.9 Å². The van der Waals surface area contributed by atoms with Crippen molar-refractivity contribution in [2.75, 3.05) is 19.8 Å². The second-order valence-corrected chi connectivity index (χ2v) is 4.55. The molecular formula is C10H18F3NO. The Hall–Kier alpha value is -0.290. The molecular weight excluding hydrogens is 207 g/mol. The average molecular weight is 225 g/mol. The van der Waals surface area contributed by atoms with Crippen LogP contribution in [0.3, 0.4) is 0 Å². The maximum absolute atomic E-state index is 11.8. The van der Waals surface area contributed by atoms with Crippen LogP contribution in [0.5, 0.6) is 0 Å². The van der Waals surface area contributed by atoms with Crippen molar-refractivity contribution in [1.29, 1.82) is 0 Å². The third-order valence-electron chi connectivity index (χ3n) is 3.11. The zero-order chi connectivity index (χ0) is 11.5. The lowest BCUT2D eigenvalue weighted by Gasteiger charge is -2.27. The minimum Gasteiger partial charge on any atom is -0.372 e. The predicted octanol–water partition coefficient (Wildman–Crippen LogP) is 2.33. The summed E-state index contributed by atoms with van der Waals surface area (Å²) in [6.07, 6.45) is -1.32. The van der Waals surface area contributed by atoms with Crippen LogP contribution in [0.15, 0.2) is 0 Å². The molecule has 1 aliphatic rings. The first-order valence-electron chi connectivity index (χ1n) is 5.22. The van der Waals surface area contributed by atoms with Crippen LogP contribution in [0.25, 0.3) is 0 Å². The number of rotatable bonds is 6. The molecule has 1 aliphatic carbocycles. The number of halogens is 3. The number of hydrogen-bond acceptors (Lipinski definition) is 2. The molecule has 0 saturated heterocycles. The third-order valence-corrected chi connectivity index (χ3v) is 3.11. The Kier molecular flexibility index (Phi) is 4.00. The Morgan fingerprint density at radius 2 is 1.93 bits per heavy atom. The van der Waals surface area contributed by atoms with E-state index in [-0.39, 0.29) is 12.0 Å². The topological polar surface area (TPSA) is 35.2 Å². The first-order valence-corrected chi connectivity index (χ1v) is 5.22. The fourth-order valence-electron chi connectivity index (χ4n) is 1.75. The minimum absolute atomic E-state index is 0.0361. The number of alkyl halides is 3. The van der Waals surface area contributed by atoms with Crippen LogP contribution in [0.1, 0.15) is 26.2 Å². The van der Waals surface area contributed by atoms with E-state index in [0.717, 1.165) is 12.8 Å². The van der Waals surface area contributed by atoms with Gasteiger partial charge in [0.25, 0.3) is 0 Å². The summed E-state index contributed by atoms with van der Waals surface area (Å²) >= 11 is 0. The van der Waals surface area contributed by atoms with E-state index < -0.39 is 12.8 Å². The average Bonchev–Trinajstić information content (AvgIpc) is 2.93. The summed E-state index contributed by atoms with van der Waals surface area (Å²) in [6.45, 7) is 1.54. The molecule has 0 spiro atoms. The molecule has 1 unspecified atom stereocenters. The Bertz CT molecular complexity index is 203.